The third kappa shape index (κ3) is 3.95. The minimum absolute atomic E-state index is 0.165. The molecule has 0 aliphatic heterocycles. The van der Waals surface area contributed by atoms with Crippen LogP contribution in [0.5, 0.6) is 0 Å². The Balaban J connectivity index is 2.84. The molecule has 0 aromatic carbocycles. The number of nitrogens with one attached hydrogen (secondary N) is 1. The molecule has 0 saturated heterocycles. The lowest BCUT2D eigenvalue weighted by atomic mass is 10.1. The molecule has 3 nitrogen and oxygen atoms in total. The lowest BCUT2D eigenvalue weighted by Gasteiger charge is -2.28. The van der Waals surface area contributed by atoms with Gasteiger partial charge in [0.25, 0.3) is 0 Å². The maximum absolute atomic E-state index is 12.6. The zero-order valence-electron chi connectivity index (χ0n) is 12.1. The monoisotopic (exact) mass is 275 g/mol. The van der Waals surface area contributed by atoms with Gasteiger partial charge in [0, 0.05) is 6.04 Å². The fourth-order valence-corrected chi connectivity index (χ4v) is 5.01. The third-order valence-electron chi connectivity index (χ3n) is 4.17. The topological polar surface area (TPSA) is 46.2 Å². The van der Waals surface area contributed by atoms with E-state index in [2.05, 4.69) is 12.2 Å². The summed E-state index contributed by atoms with van der Waals surface area (Å²) in [6.45, 7) is 6.88. The molecule has 0 amide bonds. The second-order valence-electron chi connectivity index (χ2n) is 5.54. The van der Waals surface area contributed by atoms with Gasteiger partial charge in [-0.15, -0.1) is 0 Å². The molecule has 3 atom stereocenters. The van der Waals surface area contributed by atoms with Crippen molar-refractivity contribution in [3.05, 3.63) is 0 Å². The molecule has 0 aromatic heterocycles. The molecule has 0 radical (unpaired) electrons. The molecule has 0 aromatic rings. The van der Waals surface area contributed by atoms with Crippen LogP contribution in [0, 0.1) is 0 Å². The fraction of sp³-hybridized carbons (Fsp3) is 1.00. The second kappa shape index (κ2) is 7.49. The molecule has 3 unspecified atom stereocenters. The van der Waals surface area contributed by atoms with Gasteiger partial charge in [0.2, 0.25) is 0 Å². The van der Waals surface area contributed by atoms with Gasteiger partial charge >= 0.3 is 0 Å². The maximum Gasteiger partial charge on any atom is 0.157 e. The Bertz CT molecular complexity index is 327. The molecule has 1 aliphatic carbocycles. The molecule has 18 heavy (non-hydrogen) atoms. The molecule has 1 saturated carbocycles. The summed E-state index contributed by atoms with van der Waals surface area (Å²) in [4.78, 5) is 0. The Morgan fingerprint density at radius 3 is 2.44 bits per heavy atom. The molecule has 108 valence electrons. The molecule has 0 heterocycles. The first kappa shape index (κ1) is 16.0. The van der Waals surface area contributed by atoms with E-state index in [1.54, 1.807) is 0 Å². The van der Waals surface area contributed by atoms with Crippen molar-refractivity contribution in [2.75, 3.05) is 6.54 Å². The predicted molar refractivity (Wildman–Crippen MR) is 77.6 cm³/mol. The van der Waals surface area contributed by atoms with Crippen molar-refractivity contribution >= 4 is 9.84 Å². The first-order chi connectivity index (χ1) is 8.54. The van der Waals surface area contributed by atoms with Crippen LogP contribution in [0.3, 0.4) is 0 Å². The van der Waals surface area contributed by atoms with E-state index in [0.29, 0.717) is 0 Å². The number of sulfone groups is 1. The highest BCUT2D eigenvalue weighted by Crippen LogP contribution is 2.27. The lowest BCUT2D eigenvalue weighted by Crippen LogP contribution is -2.46. The Hall–Kier alpha value is -0.0900. The van der Waals surface area contributed by atoms with E-state index in [1.807, 2.05) is 13.8 Å². The van der Waals surface area contributed by atoms with Crippen LogP contribution >= 0.6 is 0 Å². The normalized spacial score (nSPS) is 27.7. The van der Waals surface area contributed by atoms with Crippen molar-refractivity contribution < 1.29 is 8.42 Å². The Labute approximate surface area is 113 Å². The van der Waals surface area contributed by atoms with E-state index in [9.17, 15) is 8.42 Å². The summed E-state index contributed by atoms with van der Waals surface area (Å²) < 4.78 is 25.2. The predicted octanol–water partition coefficient (Wildman–Crippen LogP) is 2.90. The molecule has 4 heteroatoms. The van der Waals surface area contributed by atoms with Gasteiger partial charge in [0.15, 0.2) is 9.84 Å². The van der Waals surface area contributed by atoms with E-state index in [-0.39, 0.29) is 16.5 Å². The van der Waals surface area contributed by atoms with Crippen LogP contribution in [0.4, 0.5) is 0 Å². The number of hydrogen-bond donors (Lipinski definition) is 1. The summed E-state index contributed by atoms with van der Waals surface area (Å²) in [5.41, 5.74) is 0. The van der Waals surface area contributed by atoms with Gasteiger partial charge in [-0.25, -0.2) is 8.42 Å². The molecule has 0 spiro atoms. The largest absolute Gasteiger partial charge is 0.313 e. The minimum atomic E-state index is -2.98. The first-order valence-electron chi connectivity index (χ1n) is 7.50. The van der Waals surface area contributed by atoms with E-state index in [1.165, 1.54) is 6.42 Å². The maximum atomic E-state index is 12.6. The minimum Gasteiger partial charge on any atom is -0.313 e. The molecular formula is C14H29NO2S. The molecule has 0 bridgehead atoms. The van der Waals surface area contributed by atoms with Crippen LogP contribution in [0.25, 0.3) is 0 Å². The lowest BCUT2D eigenvalue weighted by molar-refractivity contribution is 0.446. The molecule has 1 fully saturated rings. The van der Waals surface area contributed by atoms with Crippen molar-refractivity contribution in [2.24, 2.45) is 0 Å². The van der Waals surface area contributed by atoms with E-state index >= 15 is 0 Å². The highest BCUT2D eigenvalue weighted by molar-refractivity contribution is 7.92. The van der Waals surface area contributed by atoms with E-state index in [4.69, 9.17) is 0 Å². The van der Waals surface area contributed by atoms with Crippen LogP contribution in [0.1, 0.15) is 65.7 Å². The third-order valence-corrected chi connectivity index (χ3v) is 7.03. The van der Waals surface area contributed by atoms with Crippen molar-refractivity contribution in [1.29, 1.82) is 0 Å². The highest BCUT2D eigenvalue weighted by atomic mass is 32.2. The SMILES string of the molecule is CCCNC1CCCCCC1S(=O)(=O)C(C)CC. The van der Waals surface area contributed by atoms with Crippen molar-refractivity contribution in [1.82, 2.24) is 5.32 Å². The van der Waals surface area contributed by atoms with E-state index < -0.39 is 9.84 Å². The van der Waals surface area contributed by atoms with Gasteiger partial charge in [0.1, 0.15) is 0 Å². The van der Waals surface area contributed by atoms with Crippen LogP contribution in [0.15, 0.2) is 0 Å². The summed E-state index contributed by atoms with van der Waals surface area (Å²) >= 11 is 0. The number of rotatable bonds is 6. The highest BCUT2D eigenvalue weighted by Gasteiger charge is 2.36. The van der Waals surface area contributed by atoms with Crippen LogP contribution < -0.4 is 5.32 Å². The van der Waals surface area contributed by atoms with Crippen LogP contribution in [-0.2, 0) is 9.84 Å². The van der Waals surface area contributed by atoms with Gasteiger partial charge in [0.05, 0.1) is 10.5 Å². The standard InChI is InChI=1S/C14H29NO2S/c1-4-11-15-13-9-7-6-8-10-14(13)18(16,17)12(3)5-2/h12-15H,4-11H2,1-3H3. The summed E-state index contributed by atoms with van der Waals surface area (Å²) in [6, 6.07) is 0.173. The van der Waals surface area contributed by atoms with Crippen molar-refractivity contribution in [3.8, 4) is 0 Å². The Morgan fingerprint density at radius 2 is 1.83 bits per heavy atom. The summed E-state index contributed by atoms with van der Waals surface area (Å²) in [5.74, 6) is 0. The second-order valence-corrected chi connectivity index (χ2v) is 8.13. The number of hydrogen-bond acceptors (Lipinski definition) is 3. The Morgan fingerprint density at radius 1 is 1.17 bits per heavy atom. The van der Waals surface area contributed by atoms with Gasteiger partial charge in [-0.05, 0) is 39.2 Å². The van der Waals surface area contributed by atoms with Gasteiger partial charge in [-0.3, -0.25) is 0 Å². The van der Waals surface area contributed by atoms with Gasteiger partial charge in [-0.1, -0.05) is 33.1 Å². The zero-order valence-corrected chi connectivity index (χ0v) is 12.9. The average Bonchev–Trinajstić information content (AvgIpc) is 2.60. The van der Waals surface area contributed by atoms with Gasteiger partial charge < -0.3 is 5.32 Å². The van der Waals surface area contributed by atoms with Gasteiger partial charge in [-0.2, -0.15) is 0 Å². The molecular weight excluding hydrogens is 246 g/mol. The summed E-state index contributed by atoms with van der Waals surface area (Å²) in [6.07, 6.45) is 7.04. The average molecular weight is 275 g/mol. The quantitative estimate of drug-likeness (QED) is 0.758. The summed E-state index contributed by atoms with van der Waals surface area (Å²) in [7, 11) is -2.98. The van der Waals surface area contributed by atoms with Crippen LogP contribution in [0.2, 0.25) is 0 Å². The fourth-order valence-electron chi connectivity index (χ4n) is 2.76. The van der Waals surface area contributed by atoms with Crippen molar-refractivity contribution in [3.63, 3.8) is 0 Å². The van der Waals surface area contributed by atoms with Crippen molar-refractivity contribution in [2.45, 2.75) is 82.3 Å². The smallest absolute Gasteiger partial charge is 0.157 e. The summed E-state index contributed by atoms with van der Waals surface area (Å²) in [5, 5.41) is 3.10. The molecule has 1 rings (SSSR count). The zero-order chi connectivity index (χ0) is 13.6. The van der Waals surface area contributed by atoms with Crippen LogP contribution in [-0.4, -0.2) is 31.5 Å². The molecule has 1 N–H and O–H groups in total. The Kier molecular flexibility index (Phi) is 6.64. The molecule has 1 aliphatic rings. The first-order valence-corrected chi connectivity index (χ1v) is 9.11. The van der Waals surface area contributed by atoms with E-state index in [0.717, 1.165) is 45.1 Å².